The summed E-state index contributed by atoms with van der Waals surface area (Å²) in [5, 5.41) is 9.81. The number of nitrogens with one attached hydrogen (secondary N) is 2. The fourth-order valence-corrected chi connectivity index (χ4v) is 2.89. The van der Waals surface area contributed by atoms with Crippen molar-refractivity contribution in [2.45, 2.75) is 13.5 Å². The highest BCUT2D eigenvalue weighted by Crippen LogP contribution is 2.19. The molecule has 0 radical (unpaired) electrons. The highest BCUT2D eigenvalue weighted by Gasteiger charge is 2.11. The minimum Gasteiger partial charge on any atom is -0.326 e. The molecule has 0 aliphatic carbocycles. The molecule has 2 amide bonds. The number of carbonyl (C=O) groups excluding carboxylic acids is 2. The molecule has 1 aromatic heterocycles. The number of anilines is 2. The van der Waals surface area contributed by atoms with Gasteiger partial charge in [0.1, 0.15) is 5.82 Å². The second-order valence-electron chi connectivity index (χ2n) is 5.68. The highest BCUT2D eigenvalue weighted by molar-refractivity contribution is 9.10. The fraction of sp³-hybridized carbons (Fsp3) is 0.105. The first-order valence-corrected chi connectivity index (χ1v) is 8.76. The molecule has 6 nitrogen and oxygen atoms in total. The van der Waals surface area contributed by atoms with Crippen molar-refractivity contribution in [1.82, 2.24) is 9.78 Å². The van der Waals surface area contributed by atoms with Crippen molar-refractivity contribution in [2.24, 2.45) is 0 Å². The Morgan fingerprint density at radius 1 is 1.08 bits per heavy atom. The quantitative estimate of drug-likeness (QED) is 0.666. The number of hydrogen-bond acceptors (Lipinski definition) is 3. The maximum Gasteiger partial charge on any atom is 0.256 e. The van der Waals surface area contributed by atoms with Gasteiger partial charge in [-0.15, -0.1) is 0 Å². The molecule has 2 N–H and O–H groups in total. The summed E-state index contributed by atoms with van der Waals surface area (Å²) in [7, 11) is 0. The molecule has 0 aliphatic heterocycles. The van der Waals surface area contributed by atoms with Crippen molar-refractivity contribution in [3.63, 3.8) is 0 Å². The van der Waals surface area contributed by atoms with E-state index in [0.29, 0.717) is 23.6 Å². The van der Waals surface area contributed by atoms with Crippen LogP contribution < -0.4 is 10.6 Å². The van der Waals surface area contributed by atoms with Crippen LogP contribution in [-0.2, 0) is 11.3 Å². The number of rotatable bonds is 5. The summed E-state index contributed by atoms with van der Waals surface area (Å²) in [6.45, 7) is 1.95. The van der Waals surface area contributed by atoms with Crippen molar-refractivity contribution in [3.8, 4) is 0 Å². The van der Waals surface area contributed by atoms with E-state index in [1.807, 2.05) is 24.3 Å². The molecule has 3 rings (SSSR count). The third kappa shape index (κ3) is 4.37. The maximum atomic E-state index is 12.5. The van der Waals surface area contributed by atoms with Crippen molar-refractivity contribution in [1.29, 1.82) is 0 Å². The van der Waals surface area contributed by atoms with E-state index in [1.165, 1.54) is 6.92 Å². The molecule has 0 atom stereocenters. The minimum absolute atomic E-state index is 0.186. The molecule has 7 heteroatoms. The summed E-state index contributed by atoms with van der Waals surface area (Å²) in [5.41, 5.74) is 2.08. The molecular weight excluding hydrogens is 396 g/mol. The number of halogens is 1. The molecule has 0 fully saturated rings. The first-order valence-electron chi connectivity index (χ1n) is 7.97. The number of benzene rings is 2. The second kappa shape index (κ2) is 7.97. The average molecular weight is 413 g/mol. The lowest BCUT2D eigenvalue weighted by atomic mass is 10.2. The molecule has 26 heavy (non-hydrogen) atoms. The largest absolute Gasteiger partial charge is 0.326 e. The van der Waals surface area contributed by atoms with Gasteiger partial charge in [-0.3, -0.25) is 9.59 Å². The second-order valence-corrected chi connectivity index (χ2v) is 6.54. The first-order chi connectivity index (χ1) is 12.5. The van der Waals surface area contributed by atoms with Gasteiger partial charge in [0.25, 0.3) is 5.91 Å². The first kappa shape index (κ1) is 17.9. The van der Waals surface area contributed by atoms with Crippen molar-refractivity contribution < 1.29 is 9.59 Å². The van der Waals surface area contributed by atoms with E-state index in [9.17, 15) is 9.59 Å². The van der Waals surface area contributed by atoms with Crippen LogP contribution in [-0.4, -0.2) is 21.6 Å². The summed E-state index contributed by atoms with van der Waals surface area (Å²) < 4.78 is 2.70. The smallest absolute Gasteiger partial charge is 0.256 e. The standard InChI is InChI=1S/C19H17BrN4O2/c1-13(25)22-16-7-4-6-14(11-16)19(26)23-18-9-10-21-24(18)12-15-5-2-3-8-17(15)20/h2-11H,12H2,1H3,(H,22,25)(H,23,26). The number of amides is 2. The maximum absolute atomic E-state index is 12.5. The van der Waals surface area contributed by atoms with Crippen LogP contribution in [0.4, 0.5) is 11.5 Å². The van der Waals surface area contributed by atoms with E-state index >= 15 is 0 Å². The van der Waals surface area contributed by atoms with Gasteiger partial charge < -0.3 is 10.6 Å². The Bertz CT molecular complexity index is 952. The lowest BCUT2D eigenvalue weighted by Gasteiger charge is -2.11. The molecular formula is C19H17BrN4O2. The highest BCUT2D eigenvalue weighted by atomic mass is 79.9. The summed E-state index contributed by atoms with van der Waals surface area (Å²) in [6, 6.07) is 16.4. The van der Waals surface area contributed by atoms with Crippen LogP contribution in [0.25, 0.3) is 0 Å². The zero-order chi connectivity index (χ0) is 18.5. The molecule has 0 unspecified atom stereocenters. The van der Waals surface area contributed by atoms with Gasteiger partial charge in [-0.1, -0.05) is 40.2 Å². The van der Waals surface area contributed by atoms with Crippen LogP contribution in [0, 0.1) is 0 Å². The zero-order valence-electron chi connectivity index (χ0n) is 14.1. The molecule has 0 aliphatic rings. The molecule has 132 valence electrons. The van der Waals surface area contributed by atoms with E-state index in [0.717, 1.165) is 10.0 Å². The molecule has 0 bridgehead atoms. The molecule has 1 heterocycles. The number of nitrogens with zero attached hydrogens (tertiary/aromatic N) is 2. The third-order valence-corrected chi connectivity index (χ3v) is 4.45. The van der Waals surface area contributed by atoms with E-state index in [-0.39, 0.29) is 11.8 Å². The van der Waals surface area contributed by atoms with Gasteiger partial charge in [-0.25, -0.2) is 4.68 Å². The Labute approximate surface area is 159 Å². The van der Waals surface area contributed by atoms with E-state index in [2.05, 4.69) is 31.7 Å². The SMILES string of the molecule is CC(=O)Nc1cccc(C(=O)Nc2ccnn2Cc2ccccc2Br)c1. The minimum atomic E-state index is -0.272. The Morgan fingerprint density at radius 2 is 1.88 bits per heavy atom. The predicted molar refractivity (Wildman–Crippen MR) is 104 cm³/mol. The van der Waals surface area contributed by atoms with E-state index < -0.39 is 0 Å². The number of hydrogen-bond donors (Lipinski definition) is 2. The fourth-order valence-electron chi connectivity index (χ4n) is 2.48. The average Bonchev–Trinajstić information content (AvgIpc) is 3.03. The van der Waals surface area contributed by atoms with Gasteiger partial charge in [-0.2, -0.15) is 5.10 Å². The summed E-state index contributed by atoms with van der Waals surface area (Å²) in [6.07, 6.45) is 1.64. The molecule has 0 saturated heterocycles. The van der Waals surface area contributed by atoms with Gasteiger partial charge in [0, 0.05) is 28.7 Å². The van der Waals surface area contributed by atoms with Crippen LogP contribution in [0.3, 0.4) is 0 Å². The van der Waals surface area contributed by atoms with Gasteiger partial charge in [0.2, 0.25) is 5.91 Å². The van der Waals surface area contributed by atoms with Crippen LogP contribution in [0.2, 0.25) is 0 Å². The lowest BCUT2D eigenvalue weighted by Crippen LogP contribution is -2.16. The van der Waals surface area contributed by atoms with Crippen LogP contribution >= 0.6 is 15.9 Å². The number of carbonyl (C=O) groups is 2. The summed E-state index contributed by atoms with van der Waals surface area (Å²) in [4.78, 5) is 23.7. The molecule has 2 aromatic carbocycles. The van der Waals surface area contributed by atoms with Gasteiger partial charge in [0.05, 0.1) is 12.7 Å². The van der Waals surface area contributed by atoms with Crippen LogP contribution in [0.1, 0.15) is 22.8 Å². The van der Waals surface area contributed by atoms with E-state index in [4.69, 9.17) is 0 Å². The van der Waals surface area contributed by atoms with Gasteiger partial charge in [-0.05, 0) is 29.8 Å². The van der Waals surface area contributed by atoms with Gasteiger partial charge in [0.15, 0.2) is 0 Å². The zero-order valence-corrected chi connectivity index (χ0v) is 15.7. The van der Waals surface area contributed by atoms with Crippen LogP contribution in [0.15, 0.2) is 65.3 Å². The van der Waals surface area contributed by atoms with Gasteiger partial charge >= 0.3 is 0 Å². The predicted octanol–water partition coefficient (Wildman–Crippen LogP) is 3.90. The normalized spacial score (nSPS) is 10.4. The van der Waals surface area contributed by atoms with Crippen LogP contribution in [0.5, 0.6) is 0 Å². The Morgan fingerprint density at radius 3 is 2.65 bits per heavy atom. The van der Waals surface area contributed by atoms with Crippen molar-refractivity contribution >= 4 is 39.2 Å². The molecule has 0 spiro atoms. The third-order valence-electron chi connectivity index (χ3n) is 3.68. The molecule has 3 aromatic rings. The van der Waals surface area contributed by atoms with Crippen molar-refractivity contribution in [2.75, 3.05) is 10.6 Å². The summed E-state index contributed by atoms with van der Waals surface area (Å²) >= 11 is 3.52. The lowest BCUT2D eigenvalue weighted by molar-refractivity contribution is -0.114. The number of aromatic nitrogens is 2. The Hall–Kier alpha value is -2.93. The Balaban J connectivity index is 1.76. The van der Waals surface area contributed by atoms with Crippen molar-refractivity contribution in [3.05, 3.63) is 76.4 Å². The molecule has 0 saturated carbocycles. The summed E-state index contributed by atoms with van der Waals surface area (Å²) in [5.74, 6) is 0.135. The van der Waals surface area contributed by atoms with E-state index in [1.54, 1.807) is 41.2 Å². The topological polar surface area (TPSA) is 76.0 Å². The Kier molecular flexibility index (Phi) is 5.48. The monoisotopic (exact) mass is 412 g/mol.